The van der Waals surface area contributed by atoms with Gasteiger partial charge >= 0.3 is 0 Å². The summed E-state index contributed by atoms with van der Waals surface area (Å²) < 4.78 is 7.22. The molecule has 8 heteroatoms. The van der Waals surface area contributed by atoms with E-state index in [4.69, 9.17) is 4.53 Å². The molecule has 0 atom stereocenters. The number of carbonyl (C=O) groups is 1. The van der Waals surface area contributed by atoms with Gasteiger partial charge in [-0.25, -0.2) is 0 Å². The van der Waals surface area contributed by atoms with E-state index in [2.05, 4.69) is 67.5 Å². The maximum Gasteiger partial charge on any atom is 0.286 e. The minimum Gasteiger partial charge on any atom is -0.455 e. The van der Waals surface area contributed by atoms with E-state index < -0.39 is 8.32 Å². The number of carbonyl (C=O) groups excluding carboxylic acids is 1. The number of aryl methyl sites for hydroxylation is 1. The molecule has 3 aromatic rings. The summed E-state index contributed by atoms with van der Waals surface area (Å²) in [6.07, 6.45) is 5.86. The average molecular weight is 495 g/mol. The van der Waals surface area contributed by atoms with Crippen molar-refractivity contribution in [1.82, 2.24) is 9.88 Å². The molecule has 0 spiro atoms. The second-order valence-electron chi connectivity index (χ2n) is 10.6. The molecule has 0 aliphatic heterocycles. The normalized spacial score (nSPS) is 15.0. The third-order valence-electron chi connectivity index (χ3n) is 6.88. The molecule has 0 unspecified atom stereocenters. The lowest BCUT2D eigenvalue weighted by atomic mass is 10.1. The molecule has 6 nitrogen and oxygen atoms in total. The van der Waals surface area contributed by atoms with Crippen LogP contribution in [0.25, 0.3) is 10.1 Å². The average Bonchev–Trinajstić information content (AvgIpc) is 3.32. The lowest BCUT2D eigenvalue weighted by molar-refractivity contribution is -0.127. The van der Waals surface area contributed by atoms with Crippen molar-refractivity contribution in [3.8, 4) is 0 Å². The monoisotopic (exact) mass is 494 g/mol. The zero-order valence-electron chi connectivity index (χ0n) is 21.2. The molecule has 4 rings (SSSR count). The Hall–Kier alpha value is -2.71. The highest BCUT2D eigenvalue weighted by molar-refractivity contribution is 7.19. The Kier molecular flexibility index (Phi) is 6.57. The summed E-state index contributed by atoms with van der Waals surface area (Å²) in [6.45, 7) is 11.1. The van der Waals surface area contributed by atoms with Crippen molar-refractivity contribution in [2.75, 3.05) is 19.4 Å². The van der Waals surface area contributed by atoms with Gasteiger partial charge in [0.05, 0.1) is 22.5 Å². The molecular weight excluding hydrogens is 460 g/mol. The molecule has 2 aromatic heterocycles. The third-order valence-corrected chi connectivity index (χ3v) is 12.2. The van der Waals surface area contributed by atoms with Crippen LogP contribution in [0.2, 0.25) is 18.1 Å². The molecule has 1 aliphatic rings. The summed E-state index contributed by atoms with van der Waals surface area (Å²) in [5.74, 6) is 0.0825. The second kappa shape index (κ2) is 9.15. The number of rotatable bonds is 6. The Morgan fingerprint density at radius 3 is 2.71 bits per heavy atom. The third kappa shape index (κ3) is 4.88. The van der Waals surface area contributed by atoms with Crippen LogP contribution in [0.3, 0.4) is 0 Å². The number of likely N-dealkylation sites (N-methyl/N-ethyl adjacent to an activating group) is 1. The predicted molar refractivity (Wildman–Crippen MR) is 145 cm³/mol. The minimum atomic E-state index is -1.94. The zero-order chi connectivity index (χ0) is 24.7. The number of nitrogens with zero attached hydrogens (tertiary/aromatic N) is 3. The first kappa shape index (κ1) is 24.4. The van der Waals surface area contributed by atoms with E-state index in [0.29, 0.717) is 6.42 Å². The maximum absolute atomic E-state index is 12.4. The number of aromatic nitrogens is 1. The van der Waals surface area contributed by atoms with Crippen LogP contribution in [-0.2, 0) is 22.2 Å². The Bertz CT molecular complexity index is 1260. The molecule has 1 aromatic carbocycles. The number of benzene rings is 1. The first-order valence-corrected chi connectivity index (χ1v) is 15.4. The molecule has 34 heavy (non-hydrogen) atoms. The fourth-order valence-electron chi connectivity index (χ4n) is 3.65. The molecule has 2 heterocycles. The van der Waals surface area contributed by atoms with Crippen LogP contribution < -0.4 is 5.32 Å². The zero-order valence-corrected chi connectivity index (χ0v) is 23.0. The Morgan fingerprint density at radius 1 is 1.24 bits per heavy atom. The van der Waals surface area contributed by atoms with E-state index in [-0.39, 0.29) is 10.9 Å². The van der Waals surface area contributed by atoms with E-state index in [1.165, 1.54) is 11.1 Å². The second-order valence-corrected chi connectivity index (χ2v) is 16.5. The van der Waals surface area contributed by atoms with Gasteiger partial charge < -0.3 is 14.7 Å². The van der Waals surface area contributed by atoms with Gasteiger partial charge in [0, 0.05) is 48.0 Å². The number of oxime groups is 1. The SMILES string of the molecule is CN(C)C(=O)Cc1sc2cnccc2c1Nc1ccc2c(c1)CCC2=NO[Si](C)(C)C(C)(C)C. The number of hydrogen-bond donors (Lipinski definition) is 1. The standard InChI is InChI=1S/C26H34N4O2SSi/c1-26(2,3)34(6,7)32-29-21-11-8-17-14-18(9-10-19(17)21)28-25-20-12-13-27-16-23(20)33-22(25)15-24(31)30(4)5/h9-10,12-14,16,28H,8,11,15H2,1-7H3. The van der Waals surface area contributed by atoms with Gasteiger partial charge in [0.25, 0.3) is 8.32 Å². The number of nitrogens with one attached hydrogen (secondary N) is 1. The van der Waals surface area contributed by atoms with Gasteiger partial charge in [-0.15, -0.1) is 16.5 Å². The molecule has 1 amide bonds. The van der Waals surface area contributed by atoms with Crippen molar-refractivity contribution in [3.63, 3.8) is 0 Å². The van der Waals surface area contributed by atoms with Crippen LogP contribution in [0.1, 0.15) is 43.2 Å². The van der Waals surface area contributed by atoms with E-state index in [1.807, 2.05) is 12.3 Å². The van der Waals surface area contributed by atoms with Gasteiger partial charge in [-0.1, -0.05) is 26.8 Å². The molecule has 1 aliphatic carbocycles. The number of pyridine rings is 1. The van der Waals surface area contributed by atoms with Gasteiger partial charge in [-0.3, -0.25) is 9.78 Å². The first-order valence-electron chi connectivity index (χ1n) is 11.7. The molecule has 0 bridgehead atoms. The summed E-state index contributed by atoms with van der Waals surface area (Å²) in [7, 11) is 1.64. The molecule has 0 saturated carbocycles. The summed E-state index contributed by atoms with van der Waals surface area (Å²) in [5, 5.41) is 9.44. The van der Waals surface area contributed by atoms with Crippen LogP contribution >= 0.6 is 11.3 Å². The fourth-order valence-corrected chi connectivity index (χ4v) is 5.38. The van der Waals surface area contributed by atoms with E-state index in [9.17, 15) is 4.79 Å². The fraction of sp³-hybridized carbons (Fsp3) is 0.423. The van der Waals surface area contributed by atoms with Crippen LogP contribution in [-0.4, -0.2) is 43.9 Å². The van der Waals surface area contributed by atoms with Crippen LogP contribution in [0.4, 0.5) is 11.4 Å². The van der Waals surface area contributed by atoms with Crippen molar-refractivity contribution in [2.24, 2.45) is 5.16 Å². The molecule has 0 radical (unpaired) electrons. The Balaban J connectivity index is 1.60. The topological polar surface area (TPSA) is 66.8 Å². The first-order chi connectivity index (χ1) is 16.0. The lowest BCUT2D eigenvalue weighted by Gasteiger charge is -2.33. The van der Waals surface area contributed by atoms with Crippen LogP contribution in [0.5, 0.6) is 0 Å². The lowest BCUT2D eigenvalue weighted by Crippen LogP contribution is -2.39. The summed E-state index contributed by atoms with van der Waals surface area (Å²) in [4.78, 5) is 19.4. The van der Waals surface area contributed by atoms with Crippen molar-refractivity contribution in [3.05, 3.63) is 52.7 Å². The smallest absolute Gasteiger partial charge is 0.286 e. The predicted octanol–water partition coefficient (Wildman–Crippen LogP) is 6.34. The van der Waals surface area contributed by atoms with Crippen LogP contribution in [0, 0.1) is 0 Å². The highest BCUT2D eigenvalue weighted by atomic mass is 32.1. The van der Waals surface area contributed by atoms with Crippen LogP contribution in [0.15, 0.2) is 41.8 Å². The quantitative estimate of drug-likeness (QED) is 0.321. The highest BCUT2D eigenvalue weighted by Gasteiger charge is 2.40. The largest absolute Gasteiger partial charge is 0.455 e. The molecule has 1 N–H and O–H groups in total. The number of hydrogen-bond acceptors (Lipinski definition) is 6. The highest BCUT2D eigenvalue weighted by Crippen LogP contribution is 2.39. The molecule has 0 saturated heterocycles. The molecular formula is C26H34N4O2SSi. The minimum absolute atomic E-state index is 0.0825. The van der Waals surface area contributed by atoms with Crippen molar-refractivity contribution in [2.45, 2.75) is 58.2 Å². The number of fused-ring (bicyclic) bond motifs is 2. The number of anilines is 2. The van der Waals surface area contributed by atoms with Crippen molar-refractivity contribution >= 4 is 52.7 Å². The van der Waals surface area contributed by atoms with E-state index in [0.717, 1.165) is 44.9 Å². The summed E-state index contributed by atoms with van der Waals surface area (Å²) >= 11 is 1.62. The molecule has 180 valence electrons. The van der Waals surface area contributed by atoms with Gasteiger partial charge in [0.1, 0.15) is 0 Å². The van der Waals surface area contributed by atoms with E-state index >= 15 is 0 Å². The molecule has 0 fully saturated rings. The Labute approximate surface area is 207 Å². The summed E-state index contributed by atoms with van der Waals surface area (Å²) in [5.41, 5.74) is 5.49. The van der Waals surface area contributed by atoms with Gasteiger partial charge in [-0.05, 0) is 54.7 Å². The van der Waals surface area contributed by atoms with Gasteiger partial charge in [0.2, 0.25) is 5.91 Å². The Morgan fingerprint density at radius 2 is 2.00 bits per heavy atom. The number of amides is 1. The van der Waals surface area contributed by atoms with Gasteiger partial charge in [-0.2, -0.15) is 0 Å². The summed E-state index contributed by atoms with van der Waals surface area (Å²) in [6, 6.07) is 8.44. The van der Waals surface area contributed by atoms with E-state index in [1.54, 1.807) is 36.5 Å². The van der Waals surface area contributed by atoms with Crippen molar-refractivity contribution in [1.29, 1.82) is 0 Å². The van der Waals surface area contributed by atoms with Gasteiger partial charge in [0.15, 0.2) is 0 Å². The number of thiophene rings is 1. The maximum atomic E-state index is 12.4. The van der Waals surface area contributed by atoms with Crippen molar-refractivity contribution < 1.29 is 9.32 Å².